The maximum Gasteiger partial charge on any atom is 0.138 e. The molecule has 0 aliphatic carbocycles. The second-order valence-electron chi connectivity index (χ2n) is 4.23. The number of hydrogen-bond donors (Lipinski definition) is 1. The Labute approximate surface area is 111 Å². The molecule has 3 heteroatoms. The van der Waals surface area contributed by atoms with Gasteiger partial charge in [0.2, 0.25) is 0 Å². The summed E-state index contributed by atoms with van der Waals surface area (Å²) in [6.45, 7) is 2.15. The van der Waals surface area contributed by atoms with Crippen molar-refractivity contribution >= 4 is 22.6 Å². The lowest BCUT2D eigenvalue weighted by molar-refractivity contribution is 1.13. The third-order valence-electron chi connectivity index (χ3n) is 3.12. The molecule has 0 radical (unpaired) electrons. The van der Waals surface area contributed by atoms with Crippen molar-refractivity contribution in [1.82, 2.24) is 9.97 Å². The maximum atomic E-state index is 6.15. The van der Waals surface area contributed by atoms with E-state index in [0.717, 1.165) is 28.8 Å². The van der Waals surface area contributed by atoms with E-state index >= 15 is 0 Å². The number of imidazole rings is 1. The number of aromatic amines is 1. The van der Waals surface area contributed by atoms with Gasteiger partial charge in [0, 0.05) is 5.56 Å². The van der Waals surface area contributed by atoms with Gasteiger partial charge >= 0.3 is 0 Å². The zero-order chi connectivity index (χ0) is 12.5. The van der Waals surface area contributed by atoms with Crippen molar-refractivity contribution in [3.8, 4) is 11.4 Å². The quantitative estimate of drug-likeness (QED) is 0.721. The Kier molecular flexibility index (Phi) is 2.80. The summed E-state index contributed by atoms with van der Waals surface area (Å²) in [6, 6.07) is 14.1. The molecule has 0 amide bonds. The molecular formula is C15H13ClN2. The molecule has 1 heterocycles. The minimum atomic E-state index is 0.684. The molecule has 0 unspecified atom stereocenters. The van der Waals surface area contributed by atoms with Crippen molar-refractivity contribution in [3.05, 3.63) is 53.1 Å². The Balaban J connectivity index is 2.23. The lowest BCUT2D eigenvalue weighted by atomic mass is 10.1. The number of H-pyrrole nitrogens is 1. The SMILES string of the molecule is CCc1ccccc1-c1nc2c(Cl)cccc2[nH]1. The predicted octanol–water partition coefficient (Wildman–Crippen LogP) is 4.45. The van der Waals surface area contributed by atoms with Crippen LogP contribution in [0.25, 0.3) is 22.4 Å². The summed E-state index contributed by atoms with van der Waals surface area (Å²) in [4.78, 5) is 7.94. The van der Waals surface area contributed by atoms with Crippen molar-refractivity contribution < 1.29 is 0 Å². The lowest BCUT2D eigenvalue weighted by Gasteiger charge is -2.03. The molecule has 0 atom stereocenters. The van der Waals surface area contributed by atoms with Crippen molar-refractivity contribution in [1.29, 1.82) is 0 Å². The monoisotopic (exact) mass is 256 g/mol. The predicted molar refractivity (Wildman–Crippen MR) is 75.9 cm³/mol. The maximum absolute atomic E-state index is 6.15. The minimum Gasteiger partial charge on any atom is -0.338 e. The Morgan fingerprint density at radius 2 is 1.94 bits per heavy atom. The van der Waals surface area contributed by atoms with Gasteiger partial charge in [0.05, 0.1) is 10.5 Å². The van der Waals surface area contributed by atoms with Crippen LogP contribution >= 0.6 is 11.6 Å². The number of rotatable bonds is 2. The third kappa shape index (κ3) is 1.79. The molecule has 1 aromatic heterocycles. The first-order valence-electron chi connectivity index (χ1n) is 6.02. The number of halogens is 1. The van der Waals surface area contributed by atoms with Crippen LogP contribution in [0.5, 0.6) is 0 Å². The minimum absolute atomic E-state index is 0.684. The van der Waals surface area contributed by atoms with Gasteiger partial charge in [-0.05, 0) is 24.1 Å². The van der Waals surface area contributed by atoms with E-state index < -0.39 is 0 Å². The molecule has 0 spiro atoms. The van der Waals surface area contributed by atoms with Crippen LogP contribution in [0.2, 0.25) is 5.02 Å². The molecule has 0 aliphatic rings. The number of nitrogens with zero attached hydrogens (tertiary/aromatic N) is 1. The molecule has 0 saturated heterocycles. The number of nitrogens with one attached hydrogen (secondary N) is 1. The largest absolute Gasteiger partial charge is 0.338 e. The van der Waals surface area contributed by atoms with Crippen LogP contribution in [-0.2, 0) is 6.42 Å². The molecule has 1 N–H and O–H groups in total. The summed E-state index contributed by atoms with van der Waals surface area (Å²) in [6.07, 6.45) is 0.987. The van der Waals surface area contributed by atoms with Crippen molar-refractivity contribution in [2.75, 3.05) is 0 Å². The van der Waals surface area contributed by atoms with E-state index in [4.69, 9.17) is 11.6 Å². The zero-order valence-electron chi connectivity index (χ0n) is 10.1. The Morgan fingerprint density at radius 3 is 2.72 bits per heavy atom. The molecule has 2 aromatic carbocycles. The first kappa shape index (κ1) is 11.3. The summed E-state index contributed by atoms with van der Waals surface area (Å²) in [7, 11) is 0. The molecule has 0 aliphatic heterocycles. The summed E-state index contributed by atoms with van der Waals surface area (Å²) in [5.74, 6) is 0.885. The van der Waals surface area contributed by atoms with Crippen LogP contribution in [0.3, 0.4) is 0 Å². The highest BCUT2D eigenvalue weighted by molar-refractivity contribution is 6.35. The number of para-hydroxylation sites is 1. The standard InChI is InChI=1S/C15H13ClN2/c1-2-10-6-3-4-7-11(10)15-17-13-9-5-8-12(16)14(13)18-15/h3-9H,2H2,1H3,(H,17,18). The van der Waals surface area contributed by atoms with Crippen molar-refractivity contribution in [2.45, 2.75) is 13.3 Å². The Hall–Kier alpha value is -1.80. The van der Waals surface area contributed by atoms with Gasteiger partial charge in [0.25, 0.3) is 0 Å². The summed E-state index contributed by atoms with van der Waals surface area (Å²) >= 11 is 6.15. The average molecular weight is 257 g/mol. The highest BCUT2D eigenvalue weighted by Gasteiger charge is 2.09. The van der Waals surface area contributed by atoms with Gasteiger partial charge in [-0.15, -0.1) is 0 Å². The molecule has 90 valence electrons. The first-order chi connectivity index (χ1) is 8.79. The van der Waals surface area contributed by atoms with Crippen LogP contribution in [0.15, 0.2) is 42.5 Å². The van der Waals surface area contributed by atoms with Gasteiger partial charge in [-0.1, -0.05) is 48.9 Å². The van der Waals surface area contributed by atoms with Crippen molar-refractivity contribution in [2.24, 2.45) is 0 Å². The van der Waals surface area contributed by atoms with Gasteiger partial charge in [0.15, 0.2) is 0 Å². The van der Waals surface area contributed by atoms with E-state index in [0.29, 0.717) is 5.02 Å². The normalized spacial score (nSPS) is 11.0. The van der Waals surface area contributed by atoms with E-state index in [1.165, 1.54) is 5.56 Å². The Bertz CT molecular complexity index is 701. The van der Waals surface area contributed by atoms with Crippen LogP contribution in [0.1, 0.15) is 12.5 Å². The van der Waals surface area contributed by atoms with E-state index in [9.17, 15) is 0 Å². The van der Waals surface area contributed by atoms with Crippen LogP contribution in [0.4, 0.5) is 0 Å². The van der Waals surface area contributed by atoms with E-state index in [1.54, 1.807) is 0 Å². The Morgan fingerprint density at radius 1 is 1.11 bits per heavy atom. The van der Waals surface area contributed by atoms with Gasteiger partial charge in [-0.3, -0.25) is 0 Å². The van der Waals surface area contributed by atoms with E-state index in [2.05, 4.69) is 35.1 Å². The van der Waals surface area contributed by atoms with Crippen LogP contribution < -0.4 is 0 Å². The third-order valence-corrected chi connectivity index (χ3v) is 3.42. The summed E-state index contributed by atoms with van der Waals surface area (Å²) in [5, 5.41) is 0.684. The second kappa shape index (κ2) is 4.46. The molecule has 0 saturated carbocycles. The fourth-order valence-corrected chi connectivity index (χ4v) is 2.40. The number of hydrogen-bond acceptors (Lipinski definition) is 1. The van der Waals surface area contributed by atoms with E-state index in [-0.39, 0.29) is 0 Å². The molecular weight excluding hydrogens is 244 g/mol. The molecule has 18 heavy (non-hydrogen) atoms. The fraction of sp³-hybridized carbons (Fsp3) is 0.133. The van der Waals surface area contributed by atoms with Crippen molar-refractivity contribution in [3.63, 3.8) is 0 Å². The van der Waals surface area contributed by atoms with Gasteiger partial charge in [-0.2, -0.15) is 0 Å². The molecule has 3 rings (SSSR count). The van der Waals surface area contributed by atoms with Crippen LogP contribution in [-0.4, -0.2) is 9.97 Å². The summed E-state index contributed by atoms with van der Waals surface area (Å²) in [5.41, 5.74) is 4.24. The fourth-order valence-electron chi connectivity index (χ4n) is 2.18. The highest BCUT2D eigenvalue weighted by Crippen LogP contribution is 2.27. The topological polar surface area (TPSA) is 28.7 Å². The van der Waals surface area contributed by atoms with E-state index in [1.807, 2.05) is 24.3 Å². The van der Waals surface area contributed by atoms with Gasteiger partial charge < -0.3 is 4.98 Å². The molecule has 3 aromatic rings. The molecule has 2 nitrogen and oxygen atoms in total. The molecule has 0 fully saturated rings. The smallest absolute Gasteiger partial charge is 0.138 e. The number of aryl methyl sites for hydroxylation is 1. The van der Waals surface area contributed by atoms with Gasteiger partial charge in [-0.25, -0.2) is 4.98 Å². The van der Waals surface area contributed by atoms with Crippen LogP contribution in [0, 0.1) is 0 Å². The number of aromatic nitrogens is 2. The molecule has 0 bridgehead atoms. The summed E-state index contributed by atoms with van der Waals surface area (Å²) < 4.78 is 0. The second-order valence-corrected chi connectivity index (χ2v) is 4.64. The zero-order valence-corrected chi connectivity index (χ0v) is 10.8. The van der Waals surface area contributed by atoms with Gasteiger partial charge in [0.1, 0.15) is 11.3 Å². The lowest BCUT2D eigenvalue weighted by Crippen LogP contribution is -1.88. The average Bonchev–Trinajstić information content (AvgIpc) is 2.84. The first-order valence-corrected chi connectivity index (χ1v) is 6.40. The number of fused-ring (bicyclic) bond motifs is 1. The number of benzene rings is 2. The highest BCUT2D eigenvalue weighted by atomic mass is 35.5.